The molecule has 3 rings (SSSR count). The molecule has 3 heteroatoms. The molecule has 20 heavy (non-hydrogen) atoms. The number of rotatable bonds is 5. The van der Waals surface area contributed by atoms with Crippen LogP contribution in [0, 0.1) is 11.8 Å². The molecule has 0 bridgehead atoms. The lowest BCUT2D eigenvalue weighted by molar-refractivity contribution is 0.238. The third-order valence-corrected chi connectivity index (χ3v) is 4.58. The van der Waals surface area contributed by atoms with Crippen molar-refractivity contribution in [3.8, 4) is 0 Å². The van der Waals surface area contributed by atoms with E-state index in [-0.39, 0.29) is 6.04 Å². The zero-order valence-corrected chi connectivity index (χ0v) is 12.3. The van der Waals surface area contributed by atoms with Crippen LogP contribution in [0.15, 0.2) is 36.5 Å². The zero-order valence-electron chi connectivity index (χ0n) is 12.3. The standard InChI is InChI=1S/C17H23N3/c1-12-9-14(12)11-20(2)16(10-18)15-7-3-5-13-6-4-8-19-17(13)15/h3-8,12,14,16H,9-11,18H2,1-2H3. The third kappa shape index (κ3) is 2.56. The van der Waals surface area contributed by atoms with Gasteiger partial charge in [0.05, 0.1) is 5.52 Å². The summed E-state index contributed by atoms with van der Waals surface area (Å²) in [5.74, 6) is 1.72. The highest BCUT2D eigenvalue weighted by molar-refractivity contribution is 5.82. The van der Waals surface area contributed by atoms with Gasteiger partial charge >= 0.3 is 0 Å². The summed E-state index contributed by atoms with van der Waals surface area (Å²) >= 11 is 0. The second-order valence-corrected chi connectivity index (χ2v) is 6.09. The number of fused-ring (bicyclic) bond motifs is 1. The number of likely N-dealkylation sites (N-methyl/N-ethyl adjacent to an activating group) is 1. The molecule has 1 fully saturated rings. The van der Waals surface area contributed by atoms with E-state index in [9.17, 15) is 0 Å². The molecule has 1 heterocycles. The second kappa shape index (κ2) is 5.51. The second-order valence-electron chi connectivity index (χ2n) is 6.09. The lowest BCUT2D eigenvalue weighted by Crippen LogP contribution is -2.32. The maximum Gasteiger partial charge on any atom is 0.0750 e. The van der Waals surface area contributed by atoms with Crippen molar-refractivity contribution < 1.29 is 0 Å². The minimum atomic E-state index is 0.251. The van der Waals surface area contributed by atoms with Crippen LogP contribution >= 0.6 is 0 Å². The number of nitrogens with two attached hydrogens (primary N) is 1. The van der Waals surface area contributed by atoms with Crippen LogP contribution in [-0.2, 0) is 0 Å². The van der Waals surface area contributed by atoms with Gasteiger partial charge in [-0.15, -0.1) is 0 Å². The largest absolute Gasteiger partial charge is 0.329 e. The number of hydrogen-bond acceptors (Lipinski definition) is 3. The van der Waals surface area contributed by atoms with Gasteiger partial charge in [0, 0.05) is 30.7 Å². The Morgan fingerprint density at radius 1 is 1.35 bits per heavy atom. The van der Waals surface area contributed by atoms with Gasteiger partial charge in [-0.1, -0.05) is 31.2 Å². The Balaban J connectivity index is 1.90. The first-order chi connectivity index (χ1) is 9.70. The molecule has 1 aromatic heterocycles. The van der Waals surface area contributed by atoms with Gasteiger partial charge in [0.25, 0.3) is 0 Å². The molecule has 1 aliphatic rings. The Labute approximate surface area is 120 Å². The Kier molecular flexibility index (Phi) is 3.72. The highest BCUT2D eigenvalue weighted by Gasteiger charge is 2.34. The number of benzene rings is 1. The van der Waals surface area contributed by atoms with Crippen LogP contribution in [0.1, 0.15) is 24.9 Å². The van der Waals surface area contributed by atoms with Gasteiger partial charge in [-0.05, 0) is 36.9 Å². The van der Waals surface area contributed by atoms with E-state index < -0.39 is 0 Å². The van der Waals surface area contributed by atoms with Crippen molar-refractivity contribution in [3.05, 3.63) is 42.1 Å². The van der Waals surface area contributed by atoms with Gasteiger partial charge < -0.3 is 5.73 Å². The van der Waals surface area contributed by atoms with E-state index in [0.717, 1.165) is 23.9 Å². The fourth-order valence-corrected chi connectivity index (χ4v) is 3.09. The molecule has 2 aromatic rings. The van der Waals surface area contributed by atoms with Crippen LogP contribution in [0.25, 0.3) is 10.9 Å². The molecule has 106 valence electrons. The molecule has 2 N–H and O–H groups in total. The summed E-state index contributed by atoms with van der Waals surface area (Å²) in [6.07, 6.45) is 3.22. The molecule has 0 amide bonds. The number of para-hydroxylation sites is 1. The van der Waals surface area contributed by atoms with E-state index in [1.807, 2.05) is 12.3 Å². The Bertz CT molecular complexity index is 590. The fraction of sp³-hybridized carbons (Fsp3) is 0.471. The summed E-state index contributed by atoms with van der Waals surface area (Å²) in [6, 6.07) is 10.7. The lowest BCUT2D eigenvalue weighted by atomic mass is 10.0. The van der Waals surface area contributed by atoms with Crippen LogP contribution in [-0.4, -0.2) is 30.0 Å². The van der Waals surface area contributed by atoms with Crippen molar-refractivity contribution in [1.82, 2.24) is 9.88 Å². The quantitative estimate of drug-likeness (QED) is 0.907. The average Bonchev–Trinajstić information content (AvgIpc) is 3.15. The first-order valence-corrected chi connectivity index (χ1v) is 7.44. The van der Waals surface area contributed by atoms with Crippen molar-refractivity contribution in [2.24, 2.45) is 17.6 Å². The van der Waals surface area contributed by atoms with Gasteiger partial charge in [0.1, 0.15) is 0 Å². The van der Waals surface area contributed by atoms with Crippen molar-refractivity contribution in [2.45, 2.75) is 19.4 Å². The molecule has 1 aliphatic carbocycles. The van der Waals surface area contributed by atoms with E-state index in [0.29, 0.717) is 6.54 Å². The molecule has 3 atom stereocenters. The fourth-order valence-electron chi connectivity index (χ4n) is 3.09. The predicted octanol–water partition coefficient (Wildman–Crippen LogP) is 2.82. The summed E-state index contributed by atoms with van der Waals surface area (Å²) < 4.78 is 0. The third-order valence-electron chi connectivity index (χ3n) is 4.58. The zero-order chi connectivity index (χ0) is 14.1. The van der Waals surface area contributed by atoms with Gasteiger partial charge in [0.2, 0.25) is 0 Å². The molecule has 0 radical (unpaired) electrons. The van der Waals surface area contributed by atoms with E-state index in [1.54, 1.807) is 0 Å². The van der Waals surface area contributed by atoms with Gasteiger partial charge in [-0.2, -0.15) is 0 Å². The smallest absolute Gasteiger partial charge is 0.0750 e. The SMILES string of the molecule is CC1CC1CN(C)C(CN)c1cccc2cccnc12. The molecule has 1 saturated carbocycles. The highest BCUT2D eigenvalue weighted by atomic mass is 15.1. The molecular weight excluding hydrogens is 246 g/mol. The van der Waals surface area contributed by atoms with Crippen molar-refractivity contribution in [1.29, 1.82) is 0 Å². The first-order valence-electron chi connectivity index (χ1n) is 7.44. The molecule has 0 spiro atoms. The molecule has 1 aromatic carbocycles. The van der Waals surface area contributed by atoms with Crippen molar-refractivity contribution in [2.75, 3.05) is 20.1 Å². The summed E-state index contributed by atoms with van der Waals surface area (Å²) in [4.78, 5) is 6.96. The van der Waals surface area contributed by atoms with Crippen LogP contribution in [0.5, 0.6) is 0 Å². The monoisotopic (exact) mass is 269 g/mol. The maximum absolute atomic E-state index is 6.06. The minimum absolute atomic E-state index is 0.251. The predicted molar refractivity (Wildman–Crippen MR) is 83.4 cm³/mol. The van der Waals surface area contributed by atoms with Crippen molar-refractivity contribution in [3.63, 3.8) is 0 Å². The first kappa shape index (κ1) is 13.5. The Hall–Kier alpha value is -1.45. The molecule has 0 saturated heterocycles. The van der Waals surface area contributed by atoms with Gasteiger partial charge in [0.15, 0.2) is 0 Å². The molecule has 3 unspecified atom stereocenters. The van der Waals surface area contributed by atoms with Crippen LogP contribution in [0.2, 0.25) is 0 Å². The normalized spacial score (nSPS) is 23.2. The van der Waals surface area contributed by atoms with E-state index in [4.69, 9.17) is 5.73 Å². The number of nitrogens with zero attached hydrogens (tertiary/aromatic N) is 2. The Morgan fingerprint density at radius 2 is 2.10 bits per heavy atom. The topological polar surface area (TPSA) is 42.1 Å². The van der Waals surface area contributed by atoms with Crippen molar-refractivity contribution >= 4 is 10.9 Å². The highest BCUT2D eigenvalue weighted by Crippen LogP contribution is 2.39. The maximum atomic E-state index is 6.06. The van der Waals surface area contributed by atoms with E-state index in [1.165, 1.54) is 17.4 Å². The van der Waals surface area contributed by atoms with E-state index >= 15 is 0 Å². The molecule has 0 aliphatic heterocycles. The summed E-state index contributed by atoms with van der Waals surface area (Å²) in [6.45, 7) is 4.09. The van der Waals surface area contributed by atoms with Crippen LogP contribution in [0.4, 0.5) is 0 Å². The molecular formula is C17H23N3. The minimum Gasteiger partial charge on any atom is -0.329 e. The molecule has 3 nitrogen and oxygen atoms in total. The summed E-state index contributed by atoms with van der Waals surface area (Å²) in [5, 5.41) is 1.19. The van der Waals surface area contributed by atoms with Gasteiger partial charge in [-0.25, -0.2) is 0 Å². The van der Waals surface area contributed by atoms with Gasteiger partial charge in [-0.3, -0.25) is 9.88 Å². The van der Waals surface area contributed by atoms with Crippen LogP contribution < -0.4 is 5.73 Å². The number of aromatic nitrogens is 1. The summed E-state index contributed by atoms with van der Waals surface area (Å²) in [5.41, 5.74) is 8.39. The average molecular weight is 269 g/mol. The summed E-state index contributed by atoms with van der Waals surface area (Å²) in [7, 11) is 2.18. The lowest BCUT2D eigenvalue weighted by Gasteiger charge is -2.28. The number of hydrogen-bond donors (Lipinski definition) is 1. The van der Waals surface area contributed by atoms with Crippen LogP contribution in [0.3, 0.4) is 0 Å². The number of pyridine rings is 1. The van der Waals surface area contributed by atoms with E-state index in [2.05, 4.69) is 48.1 Å². The Morgan fingerprint density at radius 3 is 2.80 bits per heavy atom.